The molecule has 0 aromatic carbocycles. The van der Waals surface area contributed by atoms with Crippen LogP contribution in [0.2, 0.25) is 0 Å². The van der Waals surface area contributed by atoms with E-state index in [-0.39, 0.29) is 0 Å². The number of hydrogen-bond acceptors (Lipinski definition) is 3. The van der Waals surface area contributed by atoms with Gasteiger partial charge >= 0.3 is 5.97 Å². The van der Waals surface area contributed by atoms with Gasteiger partial charge in [-0.25, -0.2) is 9.79 Å². The molecule has 0 amide bonds. The number of nitrogens with zero attached hydrogens (tertiary/aromatic N) is 1. The lowest BCUT2D eigenvalue weighted by molar-refractivity contribution is -0.137. The first-order valence-electron chi connectivity index (χ1n) is 1.98. The van der Waals surface area contributed by atoms with Gasteiger partial charge in [0.1, 0.15) is 0 Å². The maximum atomic E-state index is 9.91. The van der Waals surface area contributed by atoms with Gasteiger partial charge in [0.15, 0.2) is 6.04 Å². The highest BCUT2D eigenvalue weighted by Gasteiger charge is 2.05. The van der Waals surface area contributed by atoms with Gasteiger partial charge in [0.05, 0.1) is 5.16 Å². The number of isothiocyanates is 1. The average molecular weight is 131 g/mol. The van der Waals surface area contributed by atoms with Crippen LogP contribution < -0.4 is 0 Å². The summed E-state index contributed by atoms with van der Waals surface area (Å²) >= 11 is 4.17. The Balaban J connectivity index is 3.82. The van der Waals surface area contributed by atoms with E-state index in [2.05, 4.69) is 17.2 Å². The lowest BCUT2D eigenvalue weighted by Crippen LogP contribution is -2.11. The van der Waals surface area contributed by atoms with E-state index in [0.717, 1.165) is 0 Å². The van der Waals surface area contributed by atoms with Crippen molar-refractivity contribution in [3.8, 4) is 0 Å². The van der Waals surface area contributed by atoms with E-state index in [9.17, 15) is 4.79 Å². The second kappa shape index (κ2) is 3.29. The molecule has 0 aromatic rings. The molecule has 0 rings (SSSR count). The third-order valence-corrected chi connectivity index (χ3v) is 0.709. The molecule has 0 aliphatic rings. The molecule has 0 aliphatic heterocycles. The SMILES string of the molecule is C[C@@H](N=C=S)C(=O)O. The van der Waals surface area contributed by atoms with E-state index < -0.39 is 12.0 Å². The van der Waals surface area contributed by atoms with Crippen molar-refractivity contribution in [1.29, 1.82) is 0 Å². The first kappa shape index (κ1) is 7.27. The fraction of sp³-hybridized carbons (Fsp3) is 0.500. The fourth-order valence-corrected chi connectivity index (χ4v) is 0.292. The number of aliphatic imine (C=N–C) groups is 1. The second-order valence-corrected chi connectivity index (χ2v) is 1.42. The lowest BCUT2D eigenvalue weighted by atomic mass is 10.4. The maximum absolute atomic E-state index is 9.91. The van der Waals surface area contributed by atoms with Gasteiger partial charge in [-0.3, -0.25) is 0 Å². The Labute approximate surface area is 52.0 Å². The van der Waals surface area contributed by atoms with Crippen LogP contribution in [-0.4, -0.2) is 22.3 Å². The minimum Gasteiger partial charge on any atom is -0.480 e. The molecule has 4 heteroatoms. The molecular weight excluding hydrogens is 126 g/mol. The van der Waals surface area contributed by atoms with Crippen molar-refractivity contribution in [2.45, 2.75) is 13.0 Å². The van der Waals surface area contributed by atoms with Crippen molar-refractivity contribution in [2.75, 3.05) is 0 Å². The molecule has 0 bridgehead atoms. The van der Waals surface area contributed by atoms with Crippen LogP contribution in [0.1, 0.15) is 6.92 Å². The molecule has 0 aliphatic carbocycles. The van der Waals surface area contributed by atoms with Gasteiger partial charge in [0, 0.05) is 0 Å². The minimum atomic E-state index is -0.984. The summed E-state index contributed by atoms with van der Waals surface area (Å²) < 4.78 is 0. The topological polar surface area (TPSA) is 49.7 Å². The summed E-state index contributed by atoms with van der Waals surface area (Å²) in [4.78, 5) is 13.2. The number of carbonyl (C=O) groups is 1. The number of aliphatic carboxylic acids is 1. The number of rotatable bonds is 2. The summed E-state index contributed by atoms with van der Waals surface area (Å²) in [6.07, 6.45) is 0. The van der Waals surface area contributed by atoms with Gasteiger partial charge < -0.3 is 5.11 Å². The van der Waals surface area contributed by atoms with Gasteiger partial charge in [-0.15, -0.1) is 0 Å². The van der Waals surface area contributed by atoms with Crippen molar-refractivity contribution in [1.82, 2.24) is 0 Å². The van der Waals surface area contributed by atoms with Crippen molar-refractivity contribution >= 4 is 23.3 Å². The van der Waals surface area contributed by atoms with Crippen LogP contribution in [0.3, 0.4) is 0 Å². The third kappa shape index (κ3) is 2.44. The Bertz CT molecular complexity index is 137. The van der Waals surface area contributed by atoms with Crippen LogP contribution in [0.15, 0.2) is 4.99 Å². The fourth-order valence-electron chi connectivity index (χ4n) is 0.134. The molecule has 0 saturated heterocycles. The molecule has 44 valence electrons. The van der Waals surface area contributed by atoms with Crippen LogP contribution in [0.4, 0.5) is 0 Å². The summed E-state index contributed by atoms with van der Waals surface area (Å²) in [5.74, 6) is -0.984. The molecule has 0 spiro atoms. The Hall–Kier alpha value is -0.730. The average Bonchev–Trinajstić information content (AvgIpc) is 1.67. The molecule has 0 saturated carbocycles. The zero-order valence-electron chi connectivity index (χ0n) is 4.29. The number of thiocarbonyl (C=S) groups is 1. The van der Waals surface area contributed by atoms with Crippen molar-refractivity contribution in [2.24, 2.45) is 4.99 Å². The quantitative estimate of drug-likeness (QED) is 0.440. The summed E-state index contributed by atoms with van der Waals surface area (Å²) in [5.41, 5.74) is 0. The van der Waals surface area contributed by atoms with Gasteiger partial charge in [-0.1, -0.05) is 0 Å². The molecule has 0 aromatic heterocycles. The van der Waals surface area contributed by atoms with E-state index >= 15 is 0 Å². The first-order valence-corrected chi connectivity index (χ1v) is 2.39. The van der Waals surface area contributed by atoms with Gasteiger partial charge in [-0.05, 0) is 19.1 Å². The molecule has 8 heavy (non-hydrogen) atoms. The minimum absolute atomic E-state index is 0.757. The van der Waals surface area contributed by atoms with Gasteiger partial charge in [-0.2, -0.15) is 0 Å². The molecule has 1 N–H and O–H groups in total. The smallest absolute Gasteiger partial charge is 0.328 e. The molecular formula is C4H5NO2S. The van der Waals surface area contributed by atoms with Crippen LogP contribution in [0, 0.1) is 0 Å². The predicted octanol–water partition coefficient (Wildman–Crippen LogP) is 0.562. The second-order valence-electron chi connectivity index (χ2n) is 1.23. The van der Waals surface area contributed by atoms with Gasteiger partial charge in [0.25, 0.3) is 0 Å². The lowest BCUT2D eigenvalue weighted by Gasteiger charge is -1.91. The van der Waals surface area contributed by atoms with E-state index in [0.29, 0.717) is 0 Å². The predicted molar refractivity (Wildman–Crippen MR) is 32.1 cm³/mol. The monoisotopic (exact) mass is 131 g/mol. The highest BCUT2D eigenvalue weighted by Crippen LogP contribution is 1.84. The van der Waals surface area contributed by atoms with Crippen molar-refractivity contribution in [3.63, 3.8) is 0 Å². The molecule has 0 radical (unpaired) electrons. The standard InChI is InChI=1S/C4H5NO2S/c1-3(4(6)7)5-2-8/h3H,1H3,(H,6,7)/t3-/m1/s1. The maximum Gasteiger partial charge on any atom is 0.328 e. The molecule has 0 fully saturated rings. The zero-order chi connectivity index (χ0) is 6.57. The zero-order valence-corrected chi connectivity index (χ0v) is 5.10. The van der Waals surface area contributed by atoms with Crippen LogP contribution in [0.25, 0.3) is 0 Å². The molecule has 1 atom stereocenters. The Kier molecular flexibility index (Phi) is 2.99. The Morgan fingerprint density at radius 1 is 2.00 bits per heavy atom. The summed E-state index contributed by atoms with van der Waals surface area (Å²) in [6.45, 7) is 1.43. The summed E-state index contributed by atoms with van der Waals surface area (Å²) in [7, 11) is 0. The summed E-state index contributed by atoms with van der Waals surface area (Å²) in [6, 6.07) is -0.757. The highest BCUT2D eigenvalue weighted by atomic mass is 32.1. The van der Waals surface area contributed by atoms with Crippen LogP contribution >= 0.6 is 12.2 Å². The van der Waals surface area contributed by atoms with E-state index in [1.54, 1.807) is 0 Å². The largest absolute Gasteiger partial charge is 0.480 e. The molecule has 0 heterocycles. The van der Waals surface area contributed by atoms with E-state index in [1.807, 2.05) is 5.16 Å². The highest BCUT2D eigenvalue weighted by molar-refractivity contribution is 7.78. The number of hydrogen-bond donors (Lipinski definition) is 1. The number of carboxylic acids is 1. The van der Waals surface area contributed by atoms with Gasteiger partial charge in [0.2, 0.25) is 0 Å². The van der Waals surface area contributed by atoms with E-state index in [4.69, 9.17) is 5.11 Å². The van der Waals surface area contributed by atoms with Crippen LogP contribution in [-0.2, 0) is 4.79 Å². The Morgan fingerprint density at radius 3 is 2.62 bits per heavy atom. The van der Waals surface area contributed by atoms with Crippen LogP contribution in [0.5, 0.6) is 0 Å². The van der Waals surface area contributed by atoms with E-state index in [1.165, 1.54) is 6.92 Å². The Morgan fingerprint density at radius 2 is 2.50 bits per heavy atom. The normalized spacial score (nSPS) is 11.6. The summed E-state index contributed by atoms with van der Waals surface area (Å²) in [5, 5.41) is 10.1. The molecule has 3 nitrogen and oxygen atoms in total. The first-order chi connectivity index (χ1) is 3.68. The molecule has 0 unspecified atom stereocenters. The third-order valence-electron chi connectivity index (χ3n) is 0.604. The van der Waals surface area contributed by atoms with Crippen molar-refractivity contribution < 1.29 is 9.90 Å². The van der Waals surface area contributed by atoms with Crippen molar-refractivity contribution in [3.05, 3.63) is 0 Å². The number of carboxylic acid groups (broad SMARTS) is 1.